The van der Waals surface area contributed by atoms with Gasteiger partial charge < -0.3 is 11.1 Å². The van der Waals surface area contributed by atoms with E-state index in [4.69, 9.17) is 5.73 Å². The third-order valence-electron chi connectivity index (χ3n) is 4.21. The minimum atomic E-state index is -0.483. The molecule has 0 aliphatic rings. The molecule has 4 N–H and O–H groups in total. The highest BCUT2D eigenvalue weighted by atomic mass is 16.2. The lowest BCUT2D eigenvalue weighted by atomic mass is 10.1. The van der Waals surface area contributed by atoms with Gasteiger partial charge in [-0.3, -0.25) is 14.6 Å². The maximum absolute atomic E-state index is 12.2. The van der Waals surface area contributed by atoms with E-state index in [1.165, 1.54) is 0 Å². The number of aromatic nitrogens is 3. The summed E-state index contributed by atoms with van der Waals surface area (Å²) in [6.45, 7) is 0. The Morgan fingerprint density at radius 2 is 1.74 bits per heavy atom. The highest BCUT2D eigenvalue weighted by Gasteiger charge is 2.16. The molecule has 132 valence electrons. The van der Waals surface area contributed by atoms with Gasteiger partial charge in [-0.1, -0.05) is 10.7 Å². The van der Waals surface area contributed by atoms with Crippen LogP contribution in [-0.2, 0) is 0 Å². The summed E-state index contributed by atoms with van der Waals surface area (Å²) in [6.07, 6.45) is 5.03. The van der Waals surface area contributed by atoms with Crippen molar-refractivity contribution in [3.8, 4) is 5.69 Å². The Bertz CT molecular complexity index is 1130. The van der Waals surface area contributed by atoms with Crippen molar-refractivity contribution in [1.82, 2.24) is 10.1 Å². The van der Waals surface area contributed by atoms with Gasteiger partial charge in [-0.05, 0) is 36.4 Å². The first-order valence-corrected chi connectivity index (χ1v) is 8.27. The molecular weight excluding hydrogens is 342 g/mol. The molecule has 0 atom stereocenters. The van der Waals surface area contributed by atoms with Crippen molar-refractivity contribution < 1.29 is 14.3 Å². The molecule has 0 fully saturated rings. The van der Waals surface area contributed by atoms with Crippen LogP contribution in [-0.4, -0.2) is 21.9 Å². The maximum atomic E-state index is 12.2. The van der Waals surface area contributed by atoms with Gasteiger partial charge in [0.05, 0.1) is 10.9 Å². The molecule has 27 heavy (non-hydrogen) atoms. The summed E-state index contributed by atoms with van der Waals surface area (Å²) in [4.78, 5) is 27.7. The number of amides is 2. The Balaban J connectivity index is 1.59. The number of hydrogen-bond acceptors (Lipinski definition) is 3. The smallest absolute Gasteiger partial charge is 0.255 e. The number of nitrogens with zero attached hydrogens (tertiary/aromatic N) is 2. The zero-order valence-electron chi connectivity index (χ0n) is 14.2. The summed E-state index contributed by atoms with van der Waals surface area (Å²) >= 11 is 0. The monoisotopic (exact) mass is 358 g/mol. The molecule has 0 radical (unpaired) electrons. The molecule has 0 spiro atoms. The molecule has 0 aliphatic carbocycles. The van der Waals surface area contributed by atoms with E-state index in [2.05, 4.69) is 15.4 Å². The third kappa shape index (κ3) is 3.25. The van der Waals surface area contributed by atoms with Gasteiger partial charge in [0.15, 0.2) is 0 Å². The third-order valence-corrected chi connectivity index (χ3v) is 4.21. The van der Waals surface area contributed by atoms with Crippen LogP contribution in [0.2, 0.25) is 0 Å². The van der Waals surface area contributed by atoms with Gasteiger partial charge in [-0.25, -0.2) is 0 Å². The van der Waals surface area contributed by atoms with Crippen LogP contribution in [0.1, 0.15) is 20.7 Å². The summed E-state index contributed by atoms with van der Waals surface area (Å²) in [5.41, 5.74) is 8.61. The number of hydrogen-bond donors (Lipinski definition) is 3. The molecule has 2 amide bonds. The number of para-hydroxylation sites is 1. The second-order valence-electron chi connectivity index (χ2n) is 5.98. The number of H-pyrrole nitrogens is 1. The van der Waals surface area contributed by atoms with Gasteiger partial charge in [-0.15, -0.1) is 0 Å². The lowest BCUT2D eigenvalue weighted by molar-refractivity contribution is -0.653. The van der Waals surface area contributed by atoms with E-state index in [0.29, 0.717) is 22.3 Å². The Morgan fingerprint density at radius 1 is 1.00 bits per heavy atom. The highest BCUT2D eigenvalue weighted by molar-refractivity contribution is 6.04. The van der Waals surface area contributed by atoms with Crippen LogP contribution < -0.4 is 15.7 Å². The Labute approximate surface area is 154 Å². The van der Waals surface area contributed by atoms with Crippen LogP contribution in [0.5, 0.6) is 0 Å². The standard InChI is InChI=1S/C20H15N5O2/c21-19(26)17-3-1-2-14-12-25(24-18(14)17)16-6-4-15(5-7-16)23-20(27)13-8-10-22-11-9-13/h1-12H,(H3,21,23,26,27)/p+1. The molecule has 4 rings (SSSR count). The first-order valence-electron chi connectivity index (χ1n) is 8.27. The average molecular weight is 358 g/mol. The fourth-order valence-corrected chi connectivity index (χ4v) is 2.85. The van der Waals surface area contributed by atoms with Crippen LogP contribution in [0.15, 0.2) is 73.2 Å². The number of aromatic amines is 1. The Kier molecular flexibility index (Phi) is 4.10. The van der Waals surface area contributed by atoms with Crippen molar-refractivity contribution in [3.63, 3.8) is 0 Å². The SMILES string of the molecule is NC(=O)c1cccc2c[n+](-c3ccc(NC(=O)c4ccncc4)cc3)[nH]c12. The number of anilines is 1. The molecule has 2 aromatic heterocycles. The molecule has 0 aliphatic heterocycles. The van der Waals surface area contributed by atoms with E-state index in [9.17, 15) is 9.59 Å². The van der Waals surface area contributed by atoms with Gasteiger partial charge in [0.25, 0.3) is 11.8 Å². The lowest BCUT2D eigenvalue weighted by Gasteiger charge is -2.04. The van der Waals surface area contributed by atoms with Gasteiger partial charge in [-0.2, -0.15) is 5.10 Å². The summed E-state index contributed by atoms with van der Waals surface area (Å²) in [5, 5.41) is 6.89. The van der Waals surface area contributed by atoms with Crippen LogP contribution in [0, 0.1) is 0 Å². The first kappa shape index (κ1) is 16.5. The first-order chi connectivity index (χ1) is 13.1. The van der Waals surface area contributed by atoms with E-state index >= 15 is 0 Å². The van der Waals surface area contributed by atoms with E-state index in [0.717, 1.165) is 11.1 Å². The summed E-state index contributed by atoms with van der Waals surface area (Å²) in [5.74, 6) is -0.682. The molecule has 2 heterocycles. The van der Waals surface area contributed by atoms with Crippen molar-refractivity contribution >= 4 is 28.4 Å². The number of rotatable bonds is 4. The largest absolute Gasteiger partial charge is 0.366 e. The van der Waals surface area contributed by atoms with Gasteiger partial charge in [0, 0.05) is 35.8 Å². The van der Waals surface area contributed by atoms with Crippen LogP contribution >= 0.6 is 0 Å². The van der Waals surface area contributed by atoms with E-state index < -0.39 is 5.91 Å². The second-order valence-corrected chi connectivity index (χ2v) is 5.98. The van der Waals surface area contributed by atoms with Crippen LogP contribution in [0.4, 0.5) is 5.69 Å². The zero-order valence-corrected chi connectivity index (χ0v) is 14.2. The number of pyridine rings is 1. The fourth-order valence-electron chi connectivity index (χ4n) is 2.85. The molecule has 7 nitrogen and oxygen atoms in total. The summed E-state index contributed by atoms with van der Waals surface area (Å²) in [7, 11) is 0. The highest BCUT2D eigenvalue weighted by Crippen LogP contribution is 2.16. The minimum Gasteiger partial charge on any atom is -0.366 e. The Morgan fingerprint density at radius 3 is 2.44 bits per heavy atom. The van der Waals surface area contributed by atoms with Crippen LogP contribution in [0.3, 0.4) is 0 Å². The van der Waals surface area contributed by atoms with Crippen molar-refractivity contribution in [1.29, 1.82) is 0 Å². The fraction of sp³-hybridized carbons (Fsp3) is 0. The number of benzene rings is 2. The average Bonchev–Trinajstić information content (AvgIpc) is 3.13. The minimum absolute atomic E-state index is 0.200. The molecular formula is C20H16N5O2+. The number of nitrogens with one attached hydrogen (secondary N) is 2. The molecule has 0 saturated heterocycles. The van der Waals surface area contributed by atoms with E-state index in [-0.39, 0.29) is 5.91 Å². The van der Waals surface area contributed by atoms with Gasteiger partial charge in [0.1, 0.15) is 5.52 Å². The number of fused-ring (bicyclic) bond motifs is 1. The van der Waals surface area contributed by atoms with Crippen LogP contribution in [0.25, 0.3) is 16.6 Å². The predicted octanol–water partition coefficient (Wildman–Crippen LogP) is 2.19. The number of primary amides is 1. The van der Waals surface area contributed by atoms with Gasteiger partial charge in [0.2, 0.25) is 11.9 Å². The quantitative estimate of drug-likeness (QED) is 0.487. The number of nitrogens with two attached hydrogens (primary N) is 1. The molecule has 0 unspecified atom stereocenters. The normalized spacial score (nSPS) is 10.7. The predicted molar refractivity (Wildman–Crippen MR) is 101 cm³/mol. The summed E-state index contributed by atoms with van der Waals surface area (Å²) < 4.78 is 1.80. The van der Waals surface area contributed by atoms with Crippen molar-refractivity contribution in [3.05, 3.63) is 84.3 Å². The zero-order chi connectivity index (χ0) is 18.8. The maximum Gasteiger partial charge on any atom is 0.255 e. The second kappa shape index (κ2) is 6.72. The molecule has 2 aromatic carbocycles. The summed E-state index contributed by atoms with van der Waals surface area (Å²) in [6, 6.07) is 16.0. The molecule has 4 aromatic rings. The Hall–Kier alpha value is -4.00. The number of carbonyl (C=O) groups is 2. The van der Waals surface area contributed by atoms with E-state index in [1.54, 1.807) is 41.3 Å². The van der Waals surface area contributed by atoms with Crippen molar-refractivity contribution in [2.75, 3.05) is 5.32 Å². The molecule has 0 bridgehead atoms. The van der Waals surface area contributed by atoms with E-state index in [1.807, 2.05) is 36.5 Å². The lowest BCUT2D eigenvalue weighted by Crippen LogP contribution is -2.31. The van der Waals surface area contributed by atoms with Gasteiger partial charge >= 0.3 is 0 Å². The molecule has 7 heteroatoms. The topological polar surface area (TPSA) is 105 Å². The molecule has 0 saturated carbocycles. The van der Waals surface area contributed by atoms with Crippen molar-refractivity contribution in [2.45, 2.75) is 0 Å². The number of carbonyl (C=O) groups excluding carboxylic acids is 2. The van der Waals surface area contributed by atoms with Crippen molar-refractivity contribution in [2.24, 2.45) is 5.73 Å².